The summed E-state index contributed by atoms with van der Waals surface area (Å²) in [4.78, 5) is 12.5. The lowest BCUT2D eigenvalue weighted by atomic mass is 9.96. The smallest absolute Gasteiger partial charge is 0.233 e. The molecule has 0 aliphatic carbocycles. The van der Waals surface area contributed by atoms with E-state index in [1.807, 2.05) is 37.3 Å². The summed E-state index contributed by atoms with van der Waals surface area (Å²) < 4.78 is 5.64. The van der Waals surface area contributed by atoms with Gasteiger partial charge in [0.1, 0.15) is 12.4 Å². The summed E-state index contributed by atoms with van der Waals surface area (Å²) in [5.41, 5.74) is 0.989. The average molecular weight is 388 g/mol. The van der Waals surface area contributed by atoms with Gasteiger partial charge in [-0.1, -0.05) is 60.2 Å². The Morgan fingerprint density at radius 1 is 1.15 bits per heavy atom. The van der Waals surface area contributed by atoms with Gasteiger partial charge in [0.15, 0.2) is 5.01 Å². The van der Waals surface area contributed by atoms with E-state index in [9.17, 15) is 4.79 Å². The number of nitrogens with one attached hydrogen (secondary N) is 1. The third kappa shape index (κ3) is 4.80. The number of hydrogen-bond donors (Lipinski definition) is 1. The average Bonchev–Trinajstić information content (AvgIpc) is 3.10. The Morgan fingerprint density at radius 3 is 2.58 bits per heavy atom. The van der Waals surface area contributed by atoms with Crippen molar-refractivity contribution in [3.8, 4) is 5.75 Å². The highest BCUT2D eigenvalue weighted by molar-refractivity contribution is 7.15. The molecular weight excluding hydrogens is 370 g/mol. The molecule has 7 heteroatoms. The monoisotopic (exact) mass is 387 g/mol. The number of carbonyl (C=O) groups excluding carboxylic acids is 1. The van der Waals surface area contributed by atoms with Crippen LogP contribution >= 0.6 is 22.9 Å². The second-order valence-corrected chi connectivity index (χ2v) is 7.10. The maximum Gasteiger partial charge on any atom is 0.233 e. The fraction of sp³-hybridized carbons (Fsp3) is 0.211. The number of benzene rings is 2. The molecule has 2 aromatic carbocycles. The van der Waals surface area contributed by atoms with E-state index in [-0.39, 0.29) is 18.4 Å². The number of ether oxygens (including phenoxy) is 1. The molecule has 0 aliphatic heterocycles. The van der Waals surface area contributed by atoms with Crippen LogP contribution in [0, 0.1) is 0 Å². The number of carbonyl (C=O) groups is 1. The Hall–Kier alpha value is -2.44. The van der Waals surface area contributed by atoms with Crippen molar-refractivity contribution in [1.29, 1.82) is 0 Å². The maximum atomic E-state index is 12.5. The standard InChI is InChI=1S/C19H18ClN3O2S/c1-2-16(13-6-4-3-5-7-13)18(24)21-19-23-22-17(26-19)12-25-15-10-8-14(20)9-11-15/h3-11,16H,2,12H2,1H3,(H,21,23,24). The molecule has 1 atom stereocenters. The SMILES string of the molecule is CCC(C(=O)Nc1nnc(COc2ccc(Cl)cc2)s1)c1ccccc1. The molecule has 1 heterocycles. The Morgan fingerprint density at radius 2 is 1.88 bits per heavy atom. The van der Waals surface area contributed by atoms with Crippen molar-refractivity contribution in [2.75, 3.05) is 5.32 Å². The molecule has 3 rings (SSSR count). The van der Waals surface area contributed by atoms with Gasteiger partial charge in [-0.05, 0) is 36.2 Å². The third-order valence-corrected chi connectivity index (χ3v) is 4.86. The van der Waals surface area contributed by atoms with Crippen LogP contribution in [-0.4, -0.2) is 16.1 Å². The molecule has 5 nitrogen and oxygen atoms in total. The van der Waals surface area contributed by atoms with Crippen LogP contribution in [0.2, 0.25) is 5.02 Å². The second kappa shape index (κ2) is 8.78. The number of rotatable bonds is 7. The topological polar surface area (TPSA) is 64.1 Å². The molecule has 1 N–H and O–H groups in total. The number of aromatic nitrogens is 2. The third-order valence-electron chi connectivity index (χ3n) is 3.80. The lowest BCUT2D eigenvalue weighted by molar-refractivity contribution is -0.117. The predicted molar refractivity (Wildman–Crippen MR) is 104 cm³/mol. The van der Waals surface area contributed by atoms with Gasteiger partial charge in [0.25, 0.3) is 0 Å². The molecule has 0 radical (unpaired) electrons. The van der Waals surface area contributed by atoms with Gasteiger partial charge in [-0.25, -0.2) is 0 Å². The highest BCUT2D eigenvalue weighted by atomic mass is 35.5. The highest BCUT2D eigenvalue weighted by Gasteiger charge is 2.20. The minimum absolute atomic E-state index is 0.0833. The van der Waals surface area contributed by atoms with Crippen molar-refractivity contribution in [3.63, 3.8) is 0 Å². The summed E-state index contributed by atoms with van der Waals surface area (Å²) in [6.07, 6.45) is 0.710. The molecule has 0 spiro atoms. The van der Waals surface area contributed by atoms with Gasteiger partial charge in [-0.15, -0.1) is 10.2 Å². The van der Waals surface area contributed by atoms with Gasteiger partial charge in [0.2, 0.25) is 11.0 Å². The first-order chi connectivity index (χ1) is 12.7. The Kier molecular flexibility index (Phi) is 6.20. The van der Waals surface area contributed by atoms with E-state index in [2.05, 4.69) is 15.5 Å². The largest absolute Gasteiger partial charge is 0.486 e. The van der Waals surface area contributed by atoms with Gasteiger partial charge < -0.3 is 4.74 Å². The van der Waals surface area contributed by atoms with Crippen LogP contribution < -0.4 is 10.1 Å². The van der Waals surface area contributed by atoms with Gasteiger partial charge in [0, 0.05) is 5.02 Å². The summed E-state index contributed by atoms with van der Waals surface area (Å²) in [6, 6.07) is 16.8. The lowest BCUT2D eigenvalue weighted by Crippen LogP contribution is -2.20. The minimum atomic E-state index is -0.214. The number of nitrogens with zero attached hydrogens (tertiary/aromatic N) is 2. The molecule has 0 fully saturated rings. The van der Waals surface area contributed by atoms with Crippen molar-refractivity contribution in [3.05, 3.63) is 70.2 Å². The first-order valence-electron chi connectivity index (χ1n) is 8.22. The van der Waals surface area contributed by atoms with E-state index < -0.39 is 0 Å². The number of amides is 1. The Labute approximate surface area is 161 Å². The van der Waals surface area contributed by atoms with Gasteiger partial charge >= 0.3 is 0 Å². The first-order valence-corrected chi connectivity index (χ1v) is 9.41. The van der Waals surface area contributed by atoms with E-state index in [1.165, 1.54) is 11.3 Å². The Bertz CT molecular complexity index is 853. The van der Waals surface area contributed by atoms with Gasteiger partial charge in [-0.2, -0.15) is 0 Å². The molecule has 0 aliphatic rings. The zero-order valence-electron chi connectivity index (χ0n) is 14.2. The quantitative estimate of drug-likeness (QED) is 0.626. The van der Waals surface area contributed by atoms with Crippen molar-refractivity contribution in [2.24, 2.45) is 0 Å². The molecule has 0 bridgehead atoms. The molecule has 0 saturated heterocycles. The summed E-state index contributed by atoms with van der Waals surface area (Å²) in [5, 5.41) is 12.8. The molecule has 3 aromatic rings. The zero-order valence-corrected chi connectivity index (χ0v) is 15.8. The number of hydrogen-bond acceptors (Lipinski definition) is 5. The highest BCUT2D eigenvalue weighted by Crippen LogP contribution is 2.24. The maximum absolute atomic E-state index is 12.5. The molecule has 1 aromatic heterocycles. The second-order valence-electron chi connectivity index (χ2n) is 5.60. The molecule has 26 heavy (non-hydrogen) atoms. The van der Waals surface area contributed by atoms with E-state index in [1.54, 1.807) is 24.3 Å². The predicted octanol–water partition coefficient (Wildman–Crippen LogP) is 4.90. The van der Waals surface area contributed by atoms with Crippen LogP contribution in [0.4, 0.5) is 5.13 Å². The van der Waals surface area contributed by atoms with Crippen LogP contribution in [-0.2, 0) is 11.4 Å². The van der Waals surface area contributed by atoms with Crippen molar-refractivity contribution < 1.29 is 9.53 Å². The zero-order chi connectivity index (χ0) is 18.4. The summed E-state index contributed by atoms with van der Waals surface area (Å²) >= 11 is 7.15. The summed E-state index contributed by atoms with van der Waals surface area (Å²) in [5.74, 6) is 0.402. The Balaban J connectivity index is 1.59. The van der Waals surface area contributed by atoms with Crippen molar-refractivity contribution in [2.45, 2.75) is 25.9 Å². The fourth-order valence-corrected chi connectivity index (χ4v) is 3.27. The molecule has 1 unspecified atom stereocenters. The van der Waals surface area contributed by atoms with E-state index in [4.69, 9.17) is 16.3 Å². The molecule has 134 valence electrons. The molecular formula is C19H18ClN3O2S. The van der Waals surface area contributed by atoms with Crippen molar-refractivity contribution >= 4 is 34.0 Å². The van der Waals surface area contributed by atoms with Crippen LogP contribution in [0.25, 0.3) is 0 Å². The van der Waals surface area contributed by atoms with Crippen LogP contribution in [0.5, 0.6) is 5.75 Å². The molecule has 0 saturated carbocycles. The van der Waals surface area contributed by atoms with Crippen LogP contribution in [0.1, 0.15) is 29.8 Å². The number of anilines is 1. The normalized spacial score (nSPS) is 11.8. The number of halogens is 1. The van der Waals surface area contributed by atoms with E-state index >= 15 is 0 Å². The van der Waals surface area contributed by atoms with Gasteiger partial charge in [0.05, 0.1) is 5.92 Å². The first kappa shape index (κ1) is 18.4. The van der Waals surface area contributed by atoms with Crippen LogP contribution in [0.3, 0.4) is 0 Å². The van der Waals surface area contributed by atoms with Crippen LogP contribution in [0.15, 0.2) is 54.6 Å². The van der Waals surface area contributed by atoms with Gasteiger partial charge in [-0.3, -0.25) is 10.1 Å². The van der Waals surface area contributed by atoms with Crippen molar-refractivity contribution in [1.82, 2.24) is 10.2 Å². The van der Waals surface area contributed by atoms with E-state index in [0.29, 0.717) is 27.3 Å². The summed E-state index contributed by atoms with van der Waals surface area (Å²) in [7, 11) is 0. The molecule has 1 amide bonds. The van der Waals surface area contributed by atoms with E-state index in [0.717, 1.165) is 5.56 Å². The lowest BCUT2D eigenvalue weighted by Gasteiger charge is -2.13. The minimum Gasteiger partial charge on any atom is -0.486 e. The summed E-state index contributed by atoms with van der Waals surface area (Å²) in [6.45, 7) is 2.27. The fourth-order valence-electron chi connectivity index (χ4n) is 2.49.